The van der Waals surface area contributed by atoms with Crippen molar-refractivity contribution < 1.29 is 37.8 Å². The smallest absolute Gasteiger partial charge is 0.408 e. The number of alkyl carbamates (subject to hydrolysis) is 1. The molecular formula is C32H40FN5O7. The normalized spacial score (nSPS) is 12.9. The first-order chi connectivity index (χ1) is 21.2. The number of anilines is 1. The highest BCUT2D eigenvalue weighted by Gasteiger charge is 2.35. The summed E-state index contributed by atoms with van der Waals surface area (Å²) in [5.74, 6) is -2.32. The van der Waals surface area contributed by atoms with Gasteiger partial charge in [0.15, 0.2) is 11.9 Å². The van der Waals surface area contributed by atoms with Crippen molar-refractivity contribution in [3.05, 3.63) is 84.1 Å². The molecule has 45 heavy (non-hydrogen) atoms. The average Bonchev–Trinajstić information content (AvgIpc) is 3.40. The van der Waals surface area contributed by atoms with Crippen molar-refractivity contribution in [1.29, 1.82) is 0 Å². The predicted octanol–water partition coefficient (Wildman–Crippen LogP) is 4.12. The van der Waals surface area contributed by atoms with Crippen LogP contribution >= 0.6 is 0 Å². The van der Waals surface area contributed by atoms with Crippen molar-refractivity contribution in [2.24, 2.45) is 0 Å². The number of nitrogens with zero attached hydrogens (tertiary/aromatic N) is 2. The van der Waals surface area contributed by atoms with Crippen LogP contribution in [-0.4, -0.2) is 63.8 Å². The molecule has 1 heterocycles. The Balaban J connectivity index is 1.78. The van der Waals surface area contributed by atoms with Gasteiger partial charge in [0.25, 0.3) is 5.91 Å². The van der Waals surface area contributed by atoms with Crippen molar-refractivity contribution >= 4 is 29.7 Å². The lowest BCUT2D eigenvalue weighted by molar-refractivity contribution is -0.145. The molecule has 0 fully saturated rings. The van der Waals surface area contributed by atoms with E-state index in [-0.39, 0.29) is 25.6 Å². The van der Waals surface area contributed by atoms with Gasteiger partial charge in [-0.1, -0.05) is 42.5 Å². The minimum absolute atomic E-state index is 0.0739. The fourth-order valence-corrected chi connectivity index (χ4v) is 4.06. The Kier molecular flexibility index (Phi) is 11.8. The molecule has 0 aliphatic rings. The molecule has 3 N–H and O–H groups in total. The lowest BCUT2D eigenvalue weighted by Gasteiger charge is -2.29. The van der Waals surface area contributed by atoms with Crippen LogP contribution in [0, 0.1) is 5.82 Å². The van der Waals surface area contributed by atoms with E-state index in [4.69, 9.17) is 14.2 Å². The Labute approximate surface area is 261 Å². The molecule has 0 bridgehead atoms. The van der Waals surface area contributed by atoms with Gasteiger partial charge in [-0.2, -0.15) is 0 Å². The average molecular weight is 626 g/mol. The third-order valence-electron chi connectivity index (χ3n) is 6.25. The summed E-state index contributed by atoms with van der Waals surface area (Å²) in [6, 6.07) is 12.4. The first-order valence-corrected chi connectivity index (χ1v) is 14.4. The fourth-order valence-electron chi connectivity index (χ4n) is 4.06. The van der Waals surface area contributed by atoms with Gasteiger partial charge in [0.2, 0.25) is 5.91 Å². The quantitative estimate of drug-likeness (QED) is 0.240. The van der Waals surface area contributed by atoms with Gasteiger partial charge < -0.3 is 34.7 Å². The van der Waals surface area contributed by atoms with Crippen LogP contribution in [0.25, 0.3) is 0 Å². The summed E-state index contributed by atoms with van der Waals surface area (Å²) in [7, 11) is 0. The summed E-state index contributed by atoms with van der Waals surface area (Å²) in [5, 5.41) is 7.79. The molecule has 0 spiro atoms. The number of esters is 1. The Morgan fingerprint density at radius 2 is 1.64 bits per heavy atom. The monoisotopic (exact) mass is 625 g/mol. The summed E-state index contributed by atoms with van der Waals surface area (Å²) in [6.45, 7) is 9.78. The topological polar surface area (TPSA) is 150 Å². The van der Waals surface area contributed by atoms with E-state index in [0.717, 1.165) is 5.56 Å². The van der Waals surface area contributed by atoms with Crippen LogP contribution < -0.4 is 16.0 Å². The van der Waals surface area contributed by atoms with Crippen molar-refractivity contribution in [3.63, 3.8) is 0 Å². The SMILES string of the molecule is CCOC(=O)C(c1ccc(F)cc1)n1cnc(NC(=O)[C@@H](COCc2ccccc2)NC(=O)C(C)(C)NC(=O)OC(C)(C)C)c1. The van der Waals surface area contributed by atoms with Gasteiger partial charge in [0.1, 0.15) is 23.0 Å². The first kappa shape index (κ1) is 34.7. The number of rotatable bonds is 13. The zero-order valence-corrected chi connectivity index (χ0v) is 26.3. The van der Waals surface area contributed by atoms with Crippen LogP contribution in [0.15, 0.2) is 67.1 Å². The number of halogens is 1. The highest BCUT2D eigenvalue weighted by molar-refractivity contribution is 5.98. The van der Waals surface area contributed by atoms with E-state index in [1.165, 1.54) is 55.2 Å². The molecule has 0 saturated heterocycles. The number of hydrogen-bond donors (Lipinski definition) is 3. The van der Waals surface area contributed by atoms with Crippen LogP contribution in [0.1, 0.15) is 58.7 Å². The Hall–Kier alpha value is -4.78. The van der Waals surface area contributed by atoms with Crippen molar-refractivity contribution in [2.75, 3.05) is 18.5 Å². The standard InChI is InChI=1S/C32H40FN5O7/c1-7-44-28(40)26(22-13-15-23(33)16-14-22)38-17-25(34-20-38)36-27(39)24(19-43-18-21-11-9-8-10-12-21)35-29(41)32(5,6)37-30(42)45-31(2,3)4/h8-17,20,24,26H,7,18-19H2,1-6H3,(H,35,41)(H,36,39)(H,37,42)/t24-,26?/m1/s1. The molecule has 1 aromatic heterocycles. The summed E-state index contributed by atoms with van der Waals surface area (Å²) in [6.07, 6.45) is 1.95. The summed E-state index contributed by atoms with van der Waals surface area (Å²) >= 11 is 0. The van der Waals surface area contributed by atoms with E-state index < -0.39 is 52.9 Å². The molecule has 242 valence electrons. The Morgan fingerprint density at radius 3 is 2.27 bits per heavy atom. The van der Waals surface area contributed by atoms with Crippen LogP contribution in [0.2, 0.25) is 0 Å². The Morgan fingerprint density at radius 1 is 0.978 bits per heavy atom. The molecule has 2 atom stereocenters. The van der Waals surface area contributed by atoms with Crippen LogP contribution in [0.5, 0.6) is 0 Å². The lowest BCUT2D eigenvalue weighted by atomic mass is 10.0. The minimum atomic E-state index is -1.45. The van der Waals surface area contributed by atoms with Crippen molar-refractivity contribution in [1.82, 2.24) is 20.2 Å². The number of ether oxygens (including phenoxy) is 3. The summed E-state index contributed by atoms with van der Waals surface area (Å²) in [5.41, 5.74) is -0.926. The maximum atomic E-state index is 13.6. The number of amides is 3. The summed E-state index contributed by atoms with van der Waals surface area (Å²) in [4.78, 5) is 56.1. The van der Waals surface area contributed by atoms with E-state index in [2.05, 4.69) is 20.9 Å². The first-order valence-electron chi connectivity index (χ1n) is 14.4. The van der Waals surface area contributed by atoms with Gasteiger partial charge in [0.05, 0.1) is 26.1 Å². The second kappa shape index (κ2) is 15.3. The van der Waals surface area contributed by atoms with E-state index in [1.54, 1.807) is 27.7 Å². The van der Waals surface area contributed by atoms with E-state index in [9.17, 15) is 23.6 Å². The number of nitrogens with one attached hydrogen (secondary N) is 3. The minimum Gasteiger partial charge on any atom is -0.464 e. The second-order valence-electron chi connectivity index (χ2n) is 11.7. The van der Waals surface area contributed by atoms with Crippen molar-refractivity contribution in [3.8, 4) is 0 Å². The highest BCUT2D eigenvalue weighted by Crippen LogP contribution is 2.22. The molecule has 13 heteroatoms. The third-order valence-corrected chi connectivity index (χ3v) is 6.25. The van der Waals surface area contributed by atoms with Gasteiger partial charge in [-0.25, -0.2) is 19.0 Å². The maximum absolute atomic E-state index is 13.6. The highest BCUT2D eigenvalue weighted by atomic mass is 19.1. The molecule has 0 saturated carbocycles. The lowest BCUT2D eigenvalue weighted by Crippen LogP contribution is -2.59. The van der Waals surface area contributed by atoms with Crippen LogP contribution in [0.3, 0.4) is 0 Å². The number of aromatic nitrogens is 2. The van der Waals surface area contributed by atoms with E-state index in [1.807, 2.05) is 30.3 Å². The molecule has 0 aliphatic carbocycles. The van der Waals surface area contributed by atoms with Gasteiger partial charge in [-0.05, 0) is 64.8 Å². The molecule has 12 nitrogen and oxygen atoms in total. The van der Waals surface area contributed by atoms with E-state index in [0.29, 0.717) is 5.56 Å². The maximum Gasteiger partial charge on any atom is 0.408 e. The third kappa shape index (κ3) is 10.7. The zero-order chi connectivity index (χ0) is 33.2. The number of hydrogen-bond acceptors (Lipinski definition) is 8. The van der Waals surface area contributed by atoms with Crippen LogP contribution in [0.4, 0.5) is 15.0 Å². The van der Waals surface area contributed by atoms with Crippen molar-refractivity contribution in [2.45, 2.75) is 71.4 Å². The molecule has 3 amide bonds. The van der Waals surface area contributed by atoms with Crippen LogP contribution in [-0.2, 0) is 35.2 Å². The molecule has 3 aromatic rings. The molecular weight excluding hydrogens is 585 g/mol. The van der Waals surface area contributed by atoms with Gasteiger partial charge in [-0.3, -0.25) is 9.59 Å². The second-order valence-corrected chi connectivity index (χ2v) is 11.7. The van der Waals surface area contributed by atoms with E-state index >= 15 is 0 Å². The van der Waals surface area contributed by atoms with Gasteiger partial charge in [0, 0.05) is 6.20 Å². The number of benzene rings is 2. The summed E-state index contributed by atoms with van der Waals surface area (Å²) < 4.78 is 31.2. The zero-order valence-electron chi connectivity index (χ0n) is 26.3. The number of carbonyl (C=O) groups is 4. The van der Waals surface area contributed by atoms with Gasteiger partial charge in [-0.15, -0.1) is 0 Å². The molecule has 0 radical (unpaired) electrons. The Bertz CT molecular complexity index is 1450. The molecule has 3 rings (SSSR count). The predicted molar refractivity (Wildman–Crippen MR) is 164 cm³/mol. The number of imidazole rings is 1. The fraction of sp³-hybridized carbons (Fsp3) is 0.406. The molecule has 1 unspecified atom stereocenters. The largest absolute Gasteiger partial charge is 0.464 e. The van der Waals surface area contributed by atoms with Gasteiger partial charge >= 0.3 is 12.1 Å². The number of carbonyl (C=O) groups excluding carboxylic acids is 4. The molecule has 0 aliphatic heterocycles. The molecule has 2 aromatic carbocycles.